The first-order valence-corrected chi connectivity index (χ1v) is 12.7. The van der Waals surface area contributed by atoms with Crippen LogP contribution in [0.4, 0.5) is 5.82 Å². The van der Waals surface area contributed by atoms with Crippen LogP contribution in [0.1, 0.15) is 30.7 Å². The Morgan fingerprint density at radius 2 is 1.66 bits per heavy atom. The summed E-state index contributed by atoms with van der Waals surface area (Å²) < 4.78 is 5.57. The molecule has 2 aromatic carbocycles. The Hall–Kier alpha value is -2.51. The summed E-state index contributed by atoms with van der Waals surface area (Å²) in [5.74, 6) is 1.75. The zero-order valence-electron chi connectivity index (χ0n) is 20.8. The van der Waals surface area contributed by atoms with Crippen molar-refractivity contribution in [2.75, 3.05) is 44.2 Å². The summed E-state index contributed by atoms with van der Waals surface area (Å²) in [7, 11) is 0. The van der Waals surface area contributed by atoms with Gasteiger partial charge in [0, 0.05) is 61.0 Å². The van der Waals surface area contributed by atoms with Gasteiger partial charge in [-0.1, -0.05) is 54.1 Å². The Morgan fingerprint density at radius 3 is 2.31 bits per heavy atom. The maximum Gasteiger partial charge on any atom is 0.161 e. The number of aryl methyl sites for hydroxylation is 1. The molecule has 0 radical (unpaired) electrons. The summed E-state index contributed by atoms with van der Waals surface area (Å²) in [5.41, 5.74) is 4.34. The van der Waals surface area contributed by atoms with Crippen molar-refractivity contribution in [3.63, 3.8) is 0 Å². The van der Waals surface area contributed by atoms with Crippen LogP contribution in [-0.2, 0) is 11.2 Å². The number of hydrogen-bond acceptors (Lipinski definition) is 6. The molecule has 1 unspecified atom stereocenters. The second kappa shape index (κ2) is 12.0. The number of anilines is 1. The molecule has 1 fully saturated rings. The molecule has 1 N–H and O–H groups in total. The number of β-amino-alcohol motifs (C(OH)–C–C–N with tert-alkyl or cyclic N) is 1. The number of ether oxygens (including phenoxy) is 1. The quantitative estimate of drug-likeness (QED) is 0.469. The maximum absolute atomic E-state index is 10.3. The van der Waals surface area contributed by atoms with Crippen LogP contribution in [0.15, 0.2) is 54.6 Å². The van der Waals surface area contributed by atoms with Gasteiger partial charge in [-0.2, -0.15) is 0 Å². The number of benzene rings is 2. The van der Waals surface area contributed by atoms with Gasteiger partial charge in [-0.05, 0) is 38.5 Å². The normalized spacial score (nSPS) is 15.5. The van der Waals surface area contributed by atoms with E-state index in [4.69, 9.17) is 26.3 Å². The molecule has 35 heavy (non-hydrogen) atoms. The highest BCUT2D eigenvalue weighted by molar-refractivity contribution is 6.30. The van der Waals surface area contributed by atoms with E-state index in [0.717, 1.165) is 66.1 Å². The standard InChI is InChI=1S/C28H35ClN4O2/c1-20(2)35-19-25(34)18-32-13-15-33(16-14-32)28-26(17-22-9-11-24(29)12-10-22)21(3)30-27(31-28)23-7-5-4-6-8-23/h4-12,20,25,34H,13-19H2,1-3H3. The lowest BCUT2D eigenvalue weighted by Crippen LogP contribution is -2.49. The lowest BCUT2D eigenvalue weighted by Gasteiger charge is -2.37. The average Bonchev–Trinajstić information content (AvgIpc) is 2.86. The van der Waals surface area contributed by atoms with E-state index in [1.807, 2.05) is 44.2 Å². The monoisotopic (exact) mass is 494 g/mol. The third kappa shape index (κ3) is 7.01. The lowest BCUT2D eigenvalue weighted by atomic mass is 10.0. The van der Waals surface area contributed by atoms with Crippen molar-refractivity contribution in [2.24, 2.45) is 0 Å². The van der Waals surface area contributed by atoms with Crippen molar-refractivity contribution in [1.29, 1.82) is 0 Å². The average molecular weight is 495 g/mol. The van der Waals surface area contributed by atoms with Gasteiger partial charge in [0.25, 0.3) is 0 Å². The van der Waals surface area contributed by atoms with Gasteiger partial charge in [0.15, 0.2) is 5.82 Å². The summed E-state index contributed by atoms with van der Waals surface area (Å²) in [6.07, 6.45) is 0.398. The summed E-state index contributed by atoms with van der Waals surface area (Å²) in [5, 5.41) is 11.1. The minimum atomic E-state index is -0.476. The minimum Gasteiger partial charge on any atom is -0.389 e. The third-order valence-corrected chi connectivity index (χ3v) is 6.53. The fourth-order valence-electron chi connectivity index (χ4n) is 4.37. The topological polar surface area (TPSA) is 61.7 Å². The van der Waals surface area contributed by atoms with E-state index in [-0.39, 0.29) is 6.10 Å². The predicted molar refractivity (Wildman–Crippen MR) is 142 cm³/mol. The Kier molecular flexibility index (Phi) is 8.74. The molecule has 7 heteroatoms. The van der Waals surface area contributed by atoms with Crippen LogP contribution in [0.3, 0.4) is 0 Å². The molecular formula is C28H35ClN4O2. The molecule has 1 aliphatic heterocycles. The SMILES string of the molecule is Cc1nc(-c2ccccc2)nc(N2CCN(CC(O)COC(C)C)CC2)c1Cc1ccc(Cl)cc1. The van der Waals surface area contributed by atoms with Crippen molar-refractivity contribution < 1.29 is 9.84 Å². The Labute approximate surface area is 213 Å². The zero-order chi connectivity index (χ0) is 24.8. The molecule has 0 saturated carbocycles. The highest BCUT2D eigenvalue weighted by Gasteiger charge is 2.24. The second-order valence-electron chi connectivity index (χ2n) is 9.43. The molecule has 0 bridgehead atoms. The molecule has 0 amide bonds. The molecule has 186 valence electrons. The summed E-state index contributed by atoms with van der Waals surface area (Å²) in [6, 6.07) is 18.1. The summed E-state index contributed by atoms with van der Waals surface area (Å²) in [4.78, 5) is 14.6. The van der Waals surface area contributed by atoms with Crippen LogP contribution in [0.2, 0.25) is 5.02 Å². The molecule has 1 saturated heterocycles. The first-order valence-electron chi connectivity index (χ1n) is 12.3. The Bertz CT molecular complexity index is 1080. The van der Waals surface area contributed by atoms with E-state index in [9.17, 15) is 5.11 Å². The van der Waals surface area contributed by atoms with Gasteiger partial charge in [-0.25, -0.2) is 9.97 Å². The van der Waals surface area contributed by atoms with Crippen LogP contribution < -0.4 is 4.90 Å². The predicted octanol–water partition coefficient (Wildman–Crippen LogP) is 4.60. The van der Waals surface area contributed by atoms with Crippen LogP contribution in [0, 0.1) is 6.92 Å². The first kappa shape index (κ1) is 25.6. The largest absolute Gasteiger partial charge is 0.389 e. The molecule has 2 heterocycles. The zero-order valence-corrected chi connectivity index (χ0v) is 21.6. The van der Waals surface area contributed by atoms with Gasteiger partial charge < -0.3 is 14.7 Å². The number of aliphatic hydroxyl groups is 1. The maximum atomic E-state index is 10.3. The molecule has 0 spiro atoms. The van der Waals surface area contributed by atoms with Crippen molar-refractivity contribution >= 4 is 17.4 Å². The van der Waals surface area contributed by atoms with Crippen LogP contribution >= 0.6 is 11.6 Å². The van der Waals surface area contributed by atoms with Gasteiger partial charge in [0.05, 0.1) is 18.8 Å². The van der Waals surface area contributed by atoms with Crippen LogP contribution in [0.25, 0.3) is 11.4 Å². The summed E-state index contributed by atoms with van der Waals surface area (Å²) in [6.45, 7) is 10.5. The van der Waals surface area contributed by atoms with Gasteiger partial charge in [-0.15, -0.1) is 0 Å². The van der Waals surface area contributed by atoms with Crippen molar-refractivity contribution in [1.82, 2.24) is 14.9 Å². The lowest BCUT2D eigenvalue weighted by molar-refractivity contribution is -0.00901. The molecule has 0 aliphatic carbocycles. The Balaban J connectivity index is 1.55. The van der Waals surface area contributed by atoms with E-state index in [0.29, 0.717) is 13.2 Å². The third-order valence-electron chi connectivity index (χ3n) is 6.28. The number of hydrogen-bond donors (Lipinski definition) is 1. The smallest absolute Gasteiger partial charge is 0.161 e. The Morgan fingerprint density at radius 1 is 0.971 bits per heavy atom. The van der Waals surface area contributed by atoms with Gasteiger partial charge in [-0.3, -0.25) is 4.90 Å². The summed E-state index contributed by atoms with van der Waals surface area (Å²) >= 11 is 6.11. The van der Waals surface area contributed by atoms with E-state index in [2.05, 4.69) is 41.0 Å². The van der Waals surface area contributed by atoms with Gasteiger partial charge in [0.2, 0.25) is 0 Å². The van der Waals surface area contributed by atoms with Crippen LogP contribution in [-0.4, -0.2) is 71.5 Å². The molecule has 1 aromatic heterocycles. The van der Waals surface area contributed by atoms with Crippen molar-refractivity contribution in [3.8, 4) is 11.4 Å². The molecule has 6 nitrogen and oxygen atoms in total. The highest BCUT2D eigenvalue weighted by Crippen LogP contribution is 2.28. The number of aromatic nitrogens is 2. The van der Waals surface area contributed by atoms with Crippen molar-refractivity contribution in [3.05, 3.63) is 76.4 Å². The number of nitrogens with zero attached hydrogens (tertiary/aromatic N) is 4. The molecule has 3 aromatic rings. The van der Waals surface area contributed by atoms with E-state index in [1.54, 1.807) is 0 Å². The minimum absolute atomic E-state index is 0.125. The van der Waals surface area contributed by atoms with Gasteiger partial charge in [0.1, 0.15) is 5.82 Å². The highest BCUT2D eigenvalue weighted by atomic mass is 35.5. The number of aliphatic hydroxyl groups excluding tert-OH is 1. The molecule has 1 aliphatic rings. The first-order chi connectivity index (χ1) is 16.9. The number of halogens is 1. The van der Waals surface area contributed by atoms with E-state index >= 15 is 0 Å². The van der Waals surface area contributed by atoms with Crippen LogP contribution in [0.5, 0.6) is 0 Å². The number of rotatable bonds is 9. The fraction of sp³-hybridized carbons (Fsp3) is 0.429. The molecule has 4 rings (SSSR count). The number of piperazine rings is 1. The second-order valence-corrected chi connectivity index (χ2v) is 9.86. The van der Waals surface area contributed by atoms with E-state index < -0.39 is 6.10 Å². The molecular weight excluding hydrogens is 460 g/mol. The fourth-order valence-corrected chi connectivity index (χ4v) is 4.49. The van der Waals surface area contributed by atoms with Gasteiger partial charge >= 0.3 is 0 Å². The van der Waals surface area contributed by atoms with Crippen molar-refractivity contribution in [2.45, 2.75) is 39.4 Å². The van der Waals surface area contributed by atoms with E-state index in [1.165, 1.54) is 5.56 Å². The molecule has 1 atom stereocenters.